The second kappa shape index (κ2) is 8.88. The van der Waals surface area contributed by atoms with Crippen LogP contribution in [0.3, 0.4) is 0 Å². The van der Waals surface area contributed by atoms with Crippen molar-refractivity contribution in [3.63, 3.8) is 0 Å². The van der Waals surface area contributed by atoms with E-state index in [-0.39, 0.29) is 0 Å². The molecule has 5 atom stereocenters. The normalized spacial score (nSPS) is 32.8. The van der Waals surface area contributed by atoms with Crippen LogP contribution in [0.25, 0.3) is 11.0 Å². The van der Waals surface area contributed by atoms with E-state index in [1.165, 1.54) is 24.0 Å². The molecular weight excluding hydrogens is 476 g/mol. The van der Waals surface area contributed by atoms with E-state index in [1.54, 1.807) is 26.8 Å². The zero-order chi connectivity index (χ0) is 24.7. The molecule has 1 unspecified atom stereocenters. The number of aryl methyl sites for hydroxylation is 1. The zero-order valence-electron chi connectivity index (χ0n) is 18.8. The molecule has 1 N–H and O–H groups in total. The van der Waals surface area contributed by atoms with Gasteiger partial charge in [0.1, 0.15) is 18.6 Å². The minimum Gasteiger partial charge on any atom is -0.432 e. The number of aliphatic hydroxyl groups is 1. The number of ether oxygens (including phenoxy) is 3. The molecule has 2 aromatic rings. The smallest absolute Gasteiger partial charge is 0.432 e. The summed E-state index contributed by atoms with van der Waals surface area (Å²) in [5, 5.41) is 12.1. The molecule has 0 amide bonds. The Morgan fingerprint density at radius 1 is 1.47 bits per heavy atom. The summed E-state index contributed by atoms with van der Waals surface area (Å²) in [6.45, 7) is 4.62. The monoisotopic (exact) mass is 499 g/mol. The van der Waals surface area contributed by atoms with Crippen molar-refractivity contribution in [2.75, 3.05) is 13.4 Å². The lowest BCUT2D eigenvalue weighted by molar-refractivity contribution is -0.221. The molecule has 2 saturated heterocycles. The maximum atomic E-state index is 15.8. The highest BCUT2D eigenvalue weighted by Gasteiger charge is 2.71. The first-order valence-corrected chi connectivity index (χ1v) is 11.7. The Kier molecular flexibility index (Phi) is 6.41. The maximum absolute atomic E-state index is 15.8. The van der Waals surface area contributed by atoms with E-state index in [0.717, 1.165) is 0 Å². The van der Waals surface area contributed by atoms with Crippen molar-refractivity contribution >= 4 is 25.0 Å². The summed E-state index contributed by atoms with van der Waals surface area (Å²) in [7, 11) is -4.49. The number of fused-ring (bicyclic) bond motifs is 2. The number of hydrogen-bond donors (Lipinski definition) is 1. The van der Waals surface area contributed by atoms with Gasteiger partial charge in [0, 0.05) is 11.6 Å². The summed E-state index contributed by atoms with van der Waals surface area (Å²) < 4.78 is 60.3. The van der Waals surface area contributed by atoms with E-state index in [0.29, 0.717) is 16.7 Å². The molecule has 0 radical (unpaired) electrons. The maximum Gasteiger partial charge on any atom is 0.510 e. The average Bonchev–Trinajstić information content (AvgIpc) is 3.27. The van der Waals surface area contributed by atoms with Crippen molar-refractivity contribution in [3.8, 4) is 11.8 Å². The third kappa shape index (κ3) is 4.29. The first kappa shape index (κ1) is 24.5. The van der Waals surface area contributed by atoms with Crippen molar-refractivity contribution in [1.29, 1.82) is 0 Å². The Morgan fingerprint density at radius 3 is 2.94 bits per heavy atom. The Balaban J connectivity index is 1.61. The van der Waals surface area contributed by atoms with E-state index >= 15 is 4.39 Å². The van der Waals surface area contributed by atoms with Gasteiger partial charge >= 0.3 is 14.0 Å². The van der Waals surface area contributed by atoms with Crippen LogP contribution in [-0.2, 0) is 32.3 Å². The van der Waals surface area contributed by atoms with Crippen LogP contribution in [0.5, 0.6) is 0 Å². The summed E-state index contributed by atoms with van der Waals surface area (Å²) in [6, 6.07) is 1.68. The molecule has 4 rings (SSSR count). The van der Waals surface area contributed by atoms with Crippen LogP contribution in [-0.4, -0.2) is 62.9 Å². The van der Waals surface area contributed by atoms with Crippen LogP contribution in [0.2, 0.25) is 0 Å². The lowest BCUT2D eigenvalue weighted by Crippen LogP contribution is -2.53. The third-order valence-electron chi connectivity index (χ3n) is 5.14. The van der Waals surface area contributed by atoms with E-state index in [1.807, 2.05) is 0 Å². The van der Waals surface area contributed by atoms with E-state index in [4.69, 9.17) is 23.0 Å². The van der Waals surface area contributed by atoms with Gasteiger partial charge in [0.15, 0.2) is 12.3 Å². The van der Waals surface area contributed by atoms with E-state index in [2.05, 4.69) is 26.5 Å². The number of rotatable bonds is 5. The number of halogens is 1. The fourth-order valence-electron chi connectivity index (χ4n) is 3.71. The Morgan fingerprint density at radius 2 is 2.24 bits per heavy atom. The lowest BCUT2D eigenvalue weighted by Gasteiger charge is -2.36. The molecule has 0 bridgehead atoms. The number of hydrogen-bond acceptors (Lipinski definition) is 11. The molecule has 184 valence electrons. The molecule has 2 aliphatic heterocycles. The Labute approximate surface area is 193 Å². The number of phosphoric acid groups is 1. The molecular formula is C20H23FN3O9P. The Hall–Kier alpha value is -2.59. The molecule has 0 aromatic carbocycles. The van der Waals surface area contributed by atoms with Gasteiger partial charge in [-0.05, 0) is 33.8 Å². The minimum atomic E-state index is -4.49. The van der Waals surface area contributed by atoms with Gasteiger partial charge in [0.25, 0.3) is 5.85 Å². The van der Waals surface area contributed by atoms with E-state index < -0.39 is 57.3 Å². The van der Waals surface area contributed by atoms with E-state index in [9.17, 15) is 14.5 Å². The van der Waals surface area contributed by atoms with Crippen LogP contribution in [0, 0.1) is 18.8 Å². The van der Waals surface area contributed by atoms with Gasteiger partial charge in [0.05, 0.1) is 11.8 Å². The summed E-state index contributed by atoms with van der Waals surface area (Å²) in [6.07, 6.45) is -2.03. The van der Waals surface area contributed by atoms with Crippen LogP contribution in [0.1, 0.15) is 32.7 Å². The molecule has 34 heavy (non-hydrogen) atoms. The van der Waals surface area contributed by atoms with Crippen molar-refractivity contribution in [3.05, 3.63) is 24.3 Å². The predicted molar refractivity (Wildman–Crippen MR) is 112 cm³/mol. The molecule has 2 aromatic heterocycles. The first-order valence-electron chi connectivity index (χ1n) is 10.2. The highest BCUT2D eigenvalue weighted by atomic mass is 31.2. The van der Waals surface area contributed by atoms with Gasteiger partial charge in [-0.2, -0.15) is 0 Å². The molecule has 0 aliphatic carbocycles. The number of carbonyl (C=O) groups excluding carboxylic acids is 1. The summed E-state index contributed by atoms with van der Waals surface area (Å²) in [4.78, 5) is 19.8. The molecule has 2 aliphatic rings. The Bertz CT molecular complexity index is 1210. The number of phosphoric ester groups is 1. The standard InChI is InChI=1S/C20H23FN3O9P/c1-5-7-19(26)16-20(21,9-29-34(27,33-16)30-11-28-18(25)31-12(2)3)32-17(19)24-8-6-14-13(4)22-10-23-15(14)24/h6,8,10,12,16-17,26H,9,11H2,1-4H3/t16-,17+,19+,20+,34?/m0/s1. The summed E-state index contributed by atoms with van der Waals surface area (Å²) >= 11 is 0. The third-order valence-corrected chi connectivity index (χ3v) is 6.47. The van der Waals surface area contributed by atoms with Crippen LogP contribution in [0.4, 0.5) is 9.18 Å². The fraction of sp³-hybridized carbons (Fsp3) is 0.550. The van der Waals surface area contributed by atoms with Gasteiger partial charge in [0.2, 0.25) is 12.4 Å². The second-order valence-corrected chi connectivity index (χ2v) is 9.51. The summed E-state index contributed by atoms with van der Waals surface area (Å²) in [5.74, 6) is 2.30. The topological polar surface area (TPSA) is 140 Å². The number of alkyl halides is 1. The van der Waals surface area contributed by atoms with Crippen molar-refractivity contribution in [2.45, 2.75) is 57.6 Å². The van der Waals surface area contributed by atoms with Crippen LogP contribution < -0.4 is 0 Å². The second-order valence-electron chi connectivity index (χ2n) is 7.89. The van der Waals surface area contributed by atoms with Gasteiger partial charge in [-0.15, -0.1) is 5.92 Å². The van der Waals surface area contributed by atoms with Crippen molar-refractivity contribution < 1.29 is 46.6 Å². The average molecular weight is 499 g/mol. The quantitative estimate of drug-likeness (QED) is 0.281. The largest absolute Gasteiger partial charge is 0.510 e. The first-order chi connectivity index (χ1) is 16.0. The predicted octanol–water partition coefficient (Wildman–Crippen LogP) is 2.75. The highest BCUT2D eigenvalue weighted by Crippen LogP contribution is 2.62. The van der Waals surface area contributed by atoms with Gasteiger partial charge in [-0.1, -0.05) is 5.92 Å². The van der Waals surface area contributed by atoms with Crippen LogP contribution in [0.15, 0.2) is 18.6 Å². The van der Waals surface area contributed by atoms with Crippen LogP contribution >= 0.6 is 7.82 Å². The number of aromatic nitrogens is 3. The van der Waals surface area contributed by atoms with Crippen molar-refractivity contribution in [2.24, 2.45) is 0 Å². The van der Waals surface area contributed by atoms with Gasteiger partial charge in [-0.25, -0.2) is 28.2 Å². The SMILES string of the molecule is CC#C[C@]1(O)[C@H](n2ccc3c(C)ncnc32)O[C@]2(F)COP(=O)(OCOC(=O)OC(C)C)O[C@@H]12. The van der Waals surface area contributed by atoms with Crippen molar-refractivity contribution in [1.82, 2.24) is 14.5 Å². The number of nitrogens with zero attached hydrogens (tertiary/aromatic N) is 3. The van der Waals surface area contributed by atoms with Gasteiger partial charge in [-0.3, -0.25) is 9.05 Å². The minimum absolute atomic E-state index is 0.355. The molecule has 14 heteroatoms. The summed E-state index contributed by atoms with van der Waals surface area (Å²) in [5.41, 5.74) is -1.31. The molecule has 12 nitrogen and oxygen atoms in total. The fourth-order valence-corrected chi connectivity index (χ4v) is 5.00. The molecule has 0 spiro atoms. The molecule has 0 saturated carbocycles. The molecule has 4 heterocycles. The molecule has 2 fully saturated rings. The zero-order valence-corrected chi connectivity index (χ0v) is 19.7. The highest BCUT2D eigenvalue weighted by molar-refractivity contribution is 7.48. The lowest BCUT2D eigenvalue weighted by atomic mass is 9.93. The van der Waals surface area contributed by atoms with Gasteiger partial charge < -0.3 is 23.9 Å². The number of carbonyl (C=O) groups is 1.